The Morgan fingerprint density at radius 2 is 1.55 bits per heavy atom. The van der Waals surface area contributed by atoms with E-state index in [1.54, 1.807) is 12.1 Å². The summed E-state index contributed by atoms with van der Waals surface area (Å²) < 4.78 is 34.9. The summed E-state index contributed by atoms with van der Waals surface area (Å²) in [7, 11) is -3.29. The van der Waals surface area contributed by atoms with E-state index >= 15 is 0 Å². The van der Waals surface area contributed by atoms with Gasteiger partial charge in [-0.05, 0) is 25.0 Å². The molecule has 0 spiro atoms. The standard InChI is InChI=1S/C31H54N5O7P/c1-3-4-5-6-7-8-9-10-11-12-13-14-15-16-20-41-21-17-22-42-44(38,39)43-25-31(24-32,40-2)29(37)23-27-18-19-28-30(33)34-26-35-36(27)28/h18-19,26,29,37H,3-17,20-23,25H2,1-2H3,(H,38,39)(H2,33,34,35)/t29-,31+/m0/s1. The van der Waals surface area contributed by atoms with E-state index in [1.807, 2.05) is 6.07 Å². The Morgan fingerprint density at radius 3 is 2.14 bits per heavy atom. The van der Waals surface area contributed by atoms with Gasteiger partial charge in [-0.3, -0.25) is 9.05 Å². The van der Waals surface area contributed by atoms with Gasteiger partial charge in [0, 0.05) is 32.4 Å². The normalized spacial score (nSPS) is 15.2. The van der Waals surface area contributed by atoms with Gasteiger partial charge in [0.2, 0.25) is 5.60 Å². The summed E-state index contributed by atoms with van der Waals surface area (Å²) in [5.41, 5.74) is 5.00. The van der Waals surface area contributed by atoms with Crippen LogP contribution in [-0.2, 0) is 29.5 Å². The van der Waals surface area contributed by atoms with Gasteiger partial charge < -0.3 is 25.2 Å². The largest absolute Gasteiger partial charge is 0.472 e. The van der Waals surface area contributed by atoms with Crippen LogP contribution in [0.15, 0.2) is 18.5 Å². The number of hydrogen-bond acceptors (Lipinski definition) is 10. The van der Waals surface area contributed by atoms with Crippen molar-refractivity contribution in [2.45, 2.75) is 121 Å². The maximum absolute atomic E-state index is 12.4. The molecule has 0 aromatic carbocycles. The number of aliphatic hydroxyl groups excluding tert-OH is 1. The molecule has 0 saturated carbocycles. The molecule has 0 amide bonds. The molecule has 3 atom stereocenters. The first kappa shape index (κ1) is 38.1. The molecule has 0 saturated heterocycles. The number of nitrogens with two attached hydrogens (primary N) is 1. The van der Waals surface area contributed by atoms with Crippen LogP contribution in [0.5, 0.6) is 0 Å². The van der Waals surface area contributed by atoms with Gasteiger partial charge in [0.25, 0.3) is 0 Å². The molecule has 0 aliphatic rings. The van der Waals surface area contributed by atoms with Crippen molar-refractivity contribution in [3.63, 3.8) is 0 Å². The first-order valence-corrected chi connectivity index (χ1v) is 17.7. The molecule has 0 fully saturated rings. The number of aromatic nitrogens is 3. The third-order valence-corrected chi connectivity index (χ3v) is 8.79. The summed E-state index contributed by atoms with van der Waals surface area (Å²) in [6.07, 6.45) is 18.5. The maximum Gasteiger partial charge on any atom is 0.472 e. The molecule has 0 aliphatic heterocycles. The summed E-state index contributed by atoms with van der Waals surface area (Å²) in [5.74, 6) is 0.265. The van der Waals surface area contributed by atoms with E-state index in [4.69, 9.17) is 24.3 Å². The fourth-order valence-corrected chi connectivity index (χ4v) is 5.81. The van der Waals surface area contributed by atoms with Crippen molar-refractivity contribution >= 4 is 19.2 Å². The monoisotopic (exact) mass is 639 g/mol. The van der Waals surface area contributed by atoms with E-state index in [9.17, 15) is 19.8 Å². The van der Waals surface area contributed by atoms with Crippen LogP contribution in [0.25, 0.3) is 5.52 Å². The minimum absolute atomic E-state index is 0.0567. The Bertz CT molecular complexity index is 1140. The van der Waals surface area contributed by atoms with Crippen LogP contribution in [-0.4, -0.2) is 69.8 Å². The molecule has 12 nitrogen and oxygen atoms in total. The third-order valence-electron chi connectivity index (χ3n) is 7.83. The zero-order valence-electron chi connectivity index (χ0n) is 26.7. The van der Waals surface area contributed by atoms with Gasteiger partial charge in [-0.2, -0.15) is 10.4 Å². The summed E-state index contributed by atoms with van der Waals surface area (Å²) in [5, 5.41) is 24.8. The van der Waals surface area contributed by atoms with Crippen LogP contribution in [0.1, 0.15) is 109 Å². The highest BCUT2D eigenvalue weighted by atomic mass is 31.2. The van der Waals surface area contributed by atoms with Gasteiger partial charge in [-0.25, -0.2) is 14.1 Å². The zero-order valence-corrected chi connectivity index (χ0v) is 27.6. The predicted molar refractivity (Wildman–Crippen MR) is 170 cm³/mol. The topological polar surface area (TPSA) is 174 Å². The first-order chi connectivity index (χ1) is 21.3. The smallest absolute Gasteiger partial charge is 0.388 e. The number of aliphatic hydroxyl groups is 1. The van der Waals surface area contributed by atoms with Crippen molar-refractivity contribution < 1.29 is 33.1 Å². The van der Waals surface area contributed by atoms with Crippen molar-refractivity contribution in [3.8, 4) is 6.07 Å². The molecule has 0 aliphatic carbocycles. The summed E-state index contributed by atoms with van der Waals surface area (Å²) in [6.45, 7) is 2.56. The Labute approximate surface area is 262 Å². The lowest BCUT2D eigenvalue weighted by molar-refractivity contribution is -0.0903. The molecule has 1 unspecified atom stereocenters. The minimum atomic E-state index is -4.50. The van der Waals surface area contributed by atoms with E-state index < -0.39 is 26.1 Å². The van der Waals surface area contributed by atoms with E-state index in [0.717, 1.165) is 12.8 Å². The number of nitrogen functional groups attached to an aromatic ring is 1. The summed E-state index contributed by atoms with van der Waals surface area (Å²) in [4.78, 5) is 14.0. The molecule has 0 radical (unpaired) electrons. The number of nitriles is 1. The van der Waals surface area contributed by atoms with E-state index in [1.165, 1.54) is 95.0 Å². The molecule has 44 heavy (non-hydrogen) atoms. The second-order valence-corrected chi connectivity index (χ2v) is 12.8. The number of rotatable bonds is 27. The van der Waals surface area contributed by atoms with Gasteiger partial charge in [0.1, 0.15) is 30.6 Å². The number of unbranched alkanes of at least 4 members (excludes halogenated alkanes) is 13. The number of nitrogens with zero attached hydrogens (tertiary/aromatic N) is 4. The van der Waals surface area contributed by atoms with Crippen molar-refractivity contribution in [3.05, 3.63) is 24.2 Å². The number of anilines is 1. The zero-order chi connectivity index (χ0) is 32.1. The molecular weight excluding hydrogens is 585 g/mol. The lowest BCUT2D eigenvalue weighted by Gasteiger charge is -2.30. The third kappa shape index (κ3) is 13.9. The lowest BCUT2D eigenvalue weighted by atomic mass is 9.95. The number of methoxy groups -OCH3 is 1. The number of phosphoric acid groups is 1. The average Bonchev–Trinajstić information content (AvgIpc) is 3.43. The predicted octanol–water partition coefficient (Wildman–Crippen LogP) is 6.15. The van der Waals surface area contributed by atoms with Crippen LogP contribution in [0.3, 0.4) is 0 Å². The number of ether oxygens (including phenoxy) is 2. The molecular formula is C31H54N5O7P. The van der Waals surface area contributed by atoms with Crippen molar-refractivity contribution in [2.24, 2.45) is 0 Å². The molecule has 2 heterocycles. The SMILES string of the molecule is CCCCCCCCCCCCCCCCOCCCOP(=O)(O)OC[C@@](C#N)(OC)[C@@H](O)Cc1ccc2c(N)ncnn12. The maximum atomic E-state index is 12.4. The second kappa shape index (κ2) is 21.6. The highest BCUT2D eigenvalue weighted by Gasteiger charge is 2.42. The molecule has 2 rings (SSSR count). The molecule has 2 aromatic rings. The van der Waals surface area contributed by atoms with E-state index in [2.05, 4.69) is 17.0 Å². The highest BCUT2D eigenvalue weighted by Crippen LogP contribution is 2.44. The van der Waals surface area contributed by atoms with Gasteiger partial charge >= 0.3 is 7.82 Å². The van der Waals surface area contributed by atoms with Crippen LogP contribution >= 0.6 is 7.82 Å². The van der Waals surface area contributed by atoms with Crippen molar-refractivity contribution in [1.82, 2.24) is 14.6 Å². The van der Waals surface area contributed by atoms with Gasteiger partial charge in [0.05, 0.1) is 6.61 Å². The first-order valence-electron chi connectivity index (χ1n) is 16.2. The van der Waals surface area contributed by atoms with Crippen LogP contribution in [0.4, 0.5) is 5.82 Å². The molecule has 4 N–H and O–H groups in total. The van der Waals surface area contributed by atoms with E-state index in [0.29, 0.717) is 30.8 Å². The Balaban J connectivity index is 1.53. The highest BCUT2D eigenvalue weighted by molar-refractivity contribution is 7.47. The molecule has 13 heteroatoms. The average molecular weight is 640 g/mol. The molecule has 0 bridgehead atoms. The van der Waals surface area contributed by atoms with Gasteiger partial charge in [-0.15, -0.1) is 0 Å². The fourth-order valence-electron chi connectivity index (χ4n) is 5.02. The Morgan fingerprint density at radius 1 is 0.955 bits per heavy atom. The van der Waals surface area contributed by atoms with Crippen LogP contribution < -0.4 is 5.73 Å². The number of hydrogen-bond donors (Lipinski definition) is 3. The second-order valence-electron chi connectivity index (χ2n) is 11.3. The van der Waals surface area contributed by atoms with Crippen molar-refractivity contribution in [1.29, 1.82) is 5.26 Å². The van der Waals surface area contributed by atoms with Crippen molar-refractivity contribution in [2.75, 3.05) is 39.3 Å². The van der Waals surface area contributed by atoms with E-state index in [-0.39, 0.29) is 18.8 Å². The summed E-state index contributed by atoms with van der Waals surface area (Å²) >= 11 is 0. The lowest BCUT2D eigenvalue weighted by Crippen LogP contribution is -2.48. The molecule has 250 valence electrons. The number of phosphoric ester groups is 1. The van der Waals surface area contributed by atoms with Gasteiger partial charge in [-0.1, -0.05) is 90.4 Å². The minimum Gasteiger partial charge on any atom is -0.388 e. The summed E-state index contributed by atoms with van der Waals surface area (Å²) in [6, 6.07) is 5.24. The van der Waals surface area contributed by atoms with Crippen LogP contribution in [0.2, 0.25) is 0 Å². The van der Waals surface area contributed by atoms with Gasteiger partial charge in [0.15, 0.2) is 5.82 Å². The fraction of sp³-hybridized carbons (Fsp3) is 0.774. The number of fused-ring (bicyclic) bond motifs is 1. The quantitative estimate of drug-likeness (QED) is 0.0756. The Hall–Kier alpha value is -2.10. The Kier molecular flexibility index (Phi) is 18.7. The van der Waals surface area contributed by atoms with Crippen LogP contribution in [0, 0.1) is 11.3 Å². The molecule has 2 aromatic heterocycles.